The highest BCUT2D eigenvalue weighted by molar-refractivity contribution is 7.89. The number of anilines is 1. The Morgan fingerprint density at radius 2 is 2.03 bits per heavy atom. The molecule has 1 amide bonds. The van der Waals surface area contributed by atoms with Gasteiger partial charge in [-0.2, -0.15) is 0 Å². The van der Waals surface area contributed by atoms with Gasteiger partial charge < -0.3 is 14.6 Å². The van der Waals surface area contributed by atoms with Crippen LogP contribution in [0, 0.1) is 0 Å². The largest absolute Gasteiger partial charge is 0.467 e. The maximum atomic E-state index is 13.0. The van der Waals surface area contributed by atoms with Crippen molar-refractivity contribution in [1.82, 2.24) is 14.2 Å². The lowest BCUT2D eigenvalue weighted by Crippen LogP contribution is -2.27. The molecule has 154 valence electrons. The van der Waals surface area contributed by atoms with Crippen LogP contribution < -0.4 is 5.32 Å². The van der Waals surface area contributed by atoms with Gasteiger partial charge in [0.05, 0.1) is 24.2 Å². The molecule has 0 radical (unpaired) electrons. The van der Waals surface area contributed by atoms with Gasteiger partial charge >= 0.3 is 0 Å². The third kappa shape index (κ3) is 5.03. The summed E-state index contributed by atoms with van der Waals surface area (Å²) in [6, 6.07) is 8.12. The van der Waals surface area contributed by atoms with Crippen LogP contribution in [0.5, 0.6) is 0 Å². The Bertz CT molecular complexity index is 1060. The van der Waals surface area contributed by atoms with E-state index in [9.17, 15) is 13.2 Å². The van der Waals surface area contributed by atoms with Crippen LogP contribution in [0.15, 0.2) is 57.5 Å². The van der Waals surface area contributed by atoms with Gasteiger partial charge in [0, 0.05) is 44.0 Å². The molecule has 0 aliphatic heterocycles. The first-order valence-corrected chi connectivity index (χ1v) is 11.1. The Morgan fingerprint density at radius 3 is 2.66 bits per heavy atom. The standard InChI is InChI=1S/C19H22N4O4S2/c1-22(2)29(25,26)17-10-14(19(24)23(3)13-18-20-6-8-28-18)9-15(11-17)21-12-16-5-4-7-27-16/h4-11,21H,12-13H2,1-3H3. The van der Waals surface area contributed by atoms with E-state index in [1.807, 2.05) is 5.38 Å². The first-order chi connectivity index (χ1) is 13.8. The summed E-state index contributed by atoms with van der Waals surface area (Å²) >= 11 is 1.45. The van der Waals surface area contributed by atoms with Gasteiger partial charge in [-0.15, -0.1) is 11.3 Å². The number of benzene rings is 1. The first kappa shape index (κ1) is 21.0. The third-order valence-electron chi connectivity index (χ3n) is 4.18. The fourth-order valence-corrected chi connectivity index (χ4v) is 4.25. The van der Waals surface area contributed by atoms with Crippen LogP contribution in [-0.4, -0.2) is 49.7 Å². The van der Waals surface area contributed by atoms with E-state index in [0.717, 1.165) is 9.31 Å². The maximum absolute atomic E-state index is 13.0. The molecule has 0 fully saturated rings. The maximum Gasteiger partial charge on any atom is 0.254 e. The summed E-state index contributed by atoms with van der Waals surface area (Å²) in [7, 11) is 0.851. The van der Waals surface area contributed by atoms with Crippen LogP contribution in [0.2, 0.25) is 0 Å². The second kappa shape index (κ2) is 8.76. The van der Waals surface area contributed by atoms with E-state index in [2.05, 4.69) is 10.3 Å². The molecule has 0 atom stereocenters. The number of thiazole rings is 1. The Morgan fingerprint density at radius 1 is 1.24 bits per heavy atom. The molecule has 29 heavy (non-hydrogen) atoms. The van der Waals surface area contributed by atoms with Crippen molar-refractivity contribution in [3.63, 3.8) is 0 Å². The van der Waals surface area contributed by atoms with Crippen molar-refractivity contribution in [3.8, 4) is 0 Å². The quantitative estimate of drug-likeness (QED) is 0.586. The van der Waals surface area contributed by atoms with Crippen molar-refractivity contribution < 1.29 is 17.6 Å². The number of amides is 1. The van der Waals surface area contributed by atoms with Gasteiger partial charge in [-0.25, -0.2) is 17.7 Å². The molecule has 1 aromatic carbocycles. The zero-order valence-electron chi connectivity index (χ0n) is 16.3. The minimum atomic E-state index is -3.71. The molecule has 8 nitrogen and oxygen atoms in total. The van der Waals surface area contributed by atoms with Crippen molar-refractivity contribution in [2.75, 3.05) is 26.5 Å². The van der Waals surface area contributed by atoms with Gasteiger partial charge in [0.25, 0.3) is 5.91 Å². The molecule has 0 aliphatic carbocycles. The summed E-state index contributed by atoms with van der Waals surface area (Å²) < 4.78 is 31.7. The van der Waals surface area contributed by atoms with E-state index in [4.69, 9.17) is 4.42 Å². The SMILES string of the molecule is CN(Cc1nccs1)C(=O)c1cc(NCc2ccco2)cc(S(=O)(=O)N(C)C)c1. The lowest BCUT2D eigenvalue weighted by molar-refractivity contribution is 0.0785. The Labute approximate surface area is 173 Å². The molecule has 2 aromatic heterocycles. The molecule has 10 heteroatoms. The molecule has 0 saturated heterocycles. The van der Waals surface area contributed by atoms with E-state index in [1.54, 1.807) is 37.7 Å². The number of hydrogen-bond acceptors (Lipinski definition) is 7. The van der Waals surface area contributed by atoms with Crippen molar-refractivity contribution in [2.24, 2.45) is 0 Å². The Kier molecular flexibility index (Phi) is 6.36. The van der Waals surface area contributed by atoms with Crippen molar-refractivity contribution in [2.45, 2.75) is 18.0 Å². The minimum Gasteiger partial charge on any atom is -0.467 e. The number of sulfonamides is 1. The summed E-state index contributed by atoms with van der Waals surface area (Å²) in [4.78, 5) is 18.7. The van der Waals surface area contributed by atoms with Gasteiger partial charge in [0.15, 0.2) is 0 Å². The van der Waals surface area contributed by atoms with Gasteiger partial charge in [-0.05, 0) is 30.3 Å². The van der Waals surface area contributed by atoms with Crippen LogP contribution in [0.3, 0.4) is 0 Å². The summed E-state index contributed by atoms with van der Waals surface area (Å²) in [5.74, 6) is 0.400. The molecule has 2 heterocycles. The highest BCUT2D eigenvalue weighted by atomic mass is 32.2. The monoisotopic (exact) mass is 434 g/mol. The molecule has 0 bridgehead atoms. The summed E-state index contributed by atoms with van der Waals surface area (Å²) in [6.07, 6.45) is 3.24. The van der Waals surface area contributed by atoms with Crippen LogP contribution >= 0.6 is 11.3 Å². The lowest BCUT2D eigenvalue weighted by atomic mass is 10.1. The Balaban J connectivity index is 1.91. The predicted molar refractivity (Wildman–Crippen MR) is 111 cm³/mol. The van der Waals surface area contributed by atoms with Gasteiger partial charge in [0.1, 0.15) is 10.8 Å². The summed E-state index contributed by atoms with van der Waals surface area (Å²) in [6.45, 7) is 0.706. The molecule has 0 unspecified atom stereocenters. The average Bonchev–Trinajstić information content (AvgIpc) is 3.39. The molecular formula is C19H22N4O4S2. The van der Waals surface area contributed by atoms with Gasteiger partial charge in [0.2, 0.25) is 10.0 Å². The smallest absolute Gasteiger partial charge is 0.254 e. The fourth-order valence-electron chi connectivity index (χ4n) is 2.61. The lowest BCUT2D eigenvalue weighted by Gasteiger charge is -2.18. The number of nitrogens with zero attached hydrogens (tertiary/aromatic N) is 3. The molecule has 3 rings (SSSR count). The molecule has 0 saturated carbocycles. The predicted octanol–water partition coefficient (Wildman–Crippen LogP) is 2.87. The van der Waals surface area contributed by atoms with Crippen molar-refractivity contribution >= 4 is 33.0 Å². The summed E-state index contributed by atoms with van der Waals surface area (Å²) in [5.41, 5.74) is 0.782. The first-order valence-electron chi connectivity index (χ1n) is 8.75. The average molecular weight is 435 g/mol. The normalized spacial score (nSPS) is 11.6. The molecule has 3 aromatic rings. The summed E-state index contributed by atoms with van der Waals surface area (Å²) in [5, 5.41) is 5.76. The second-order valence-corrected chi connectivity index (χ2v) is 9.68. The van der Waals surface area contributed by atoms with E-state index < -0.39 is 10.0 Å². The second-order valence-electron chi connectivity index (χ2n) is 6.55. The number of rotatable bonds is 8. The molecule has 0 aliphatic rings. The Hall–Kier alpha value is -2.69. The number of aromatic nitrogens is 1. The van der Waals surface area contributed by atoms with Crippen LogP contribution in [-0.2, 0) is 23.1 Å². The zero-order chi connectivity index (χ0) is 21.0. The van der Waals surface area contributed by atoms with Gasteiger partial charge in [-0.1, -0.05) is 0 Å². The number of furan rings is 1. The highest BCUT2D eigenvalue weighted by Gasteiger charge is 2.22. The minimum absolute atomic E-state index is 0.0398. The molecule has 1 N–H and O–H groups in total. The van der Waals surface area contributed by atoms with E-state index in [0.29, 0.717) is 24.5 Å². The molecular weight excluding hydrogens is 412 g/mol. The number of hydrogen-bond donors (Lipinski definition) is 1. The van der Waals surface area contributed by atoms with E-state index >= 15 is 0 Å². The zero-order valence-corrected chi connectivity index (χ0v) is 18.0. The van der Waals surface area contributed by atoms with E-state index in [1.165, 1.54) is 42.5 Å². The number of carbonyl (C=O) groups is 1. The van der Waals surface area contributed by atoms with Gasteiger partial charge in [-0.3, -0.25) is 4.79 Å². The van der Waals surface area contributed by atoms with E-state index in [-0.39, 0.29) is 16.4 Å². The third-order valence-corrected chi connectivity index (χ3v) is 6.74. The van der Waals surface area contributed by atoms with Crippen LogP contribution in [0.4, 0.5) is 5.69 Å². The fraction of sp³-hybridized carbons (Fsp3) is 0.263. The number of nitrogens with one attached hydrogen (secondary N) is 1. The van der Waals surface area contributed by atoms with Crippen LogP contribution in [0.1, 0.15) is 21.1 Å². The number of carbonyl (C=O) groups excluding carboxylic acids is 1. The van der Waals surface area contributed by atoms with Crippen molar-refractivity contribution in [3.05, 3.63) is 64.5 Å². The highest BCUT2D eigenvalue weighted by Crippen LogP contribution is 2.23. The van der Waals surface area contributed by atoms with Crippen molar-refractivity contribution in [1.29, 1.82) is 0 Å². The molecule has 0 spiro atoms. The van der Waals surface area contributed by atoms with Crippen LogP contribution in [0.25, 0.3) is 0 Å². The topological polar surface area (TPSA) is 95.7 Å².